The van der Waals surface area contributed by atoms with Gasteiger partial charge >= 0.3 is 7.12 Å². The zero-order valence-electron chi connectivity index (χ0n) is 14.2. The Bertz CT molecular complexity index is 560. The molecule has 1 amide bonds. The van der Waals surface area contributed by atoms with E-state index in [1.54, 1.807) is 19.0 Å². The van der Waals surface area contributed by atoms with Crippen molar-refractivity contribution in [2.75, 3.05) is 14.1 Å². The molecule has 0 spiro atoms. The summed E-state index contributed by atoms with van der Waals surface area (Å²) in [6, 6.07) is 7.48. The summed E-state index contributed by atoms with van der Waals surface area (Å²) in [5.74, 6) is 1.90. The van der Waals surface area contributed by atoms with E-state index >= 15 is 0 Å². The van der Waals surface area contributed by atoms with Crippen LogP contribution in [-0.2, 0) is 9.31 Å². The first-order valence-corrected chi connectivity index (χ1v) is 7.48. The minimum absolute atomic E-state index is 0.00138. The molecule has 118 valence electrons. The van der Waals surface area contributed by atoms with Crippen LogP contribution in [-0.4, -0.2) is 43.2 Å². The molecule has 22 heavy (non-hydrogen) atoms. The van der Waals surface area contributed by atoms with Crippen molar-refractivity contribution in [3.05, 3.63) is 41.4 Å². The zero-order chi connectivity index (χ0) is 16.5. The van der Waals surface area contributed by atoms with Crippen LogP contribution in [0.5, 0.6) is 0 Å². The first-order chi connectivity index (χ1) is 10.1. The first kappa shape index (κ1) is 16.8. The molecule has 1 aliphatic heterocycles. The van der Waals surface area contributed by atoms with Crippen molar-refractivity contribution in [2.24, 2.45) is 0 Å². The monoisotopic (exact) mass is 301 g/mol. The number of carbonyl (C=O) groups is 1. The first-order valence-electron chi connectivity index (χ1n) is 7.48. The molecule has 0 aromatic heterocycles. The van der Waals surface area contributed by atoms with Gasteiger partial charge < -0.3 is 14.2 Å². The van der Waals surface area contributed by atoms with Crippen LogP contribution in [0.15, 0.2) is 30.2 Å². The van der Waals surface area contributed by atoms with Gasteiger partial charge in [-0.1, -0.05) is 24.2 Å². The van der Waals surface area contributed by atoms with Crippen molar-refractivity contribution in [3.63, 3.8) is 0 Å². The molecule has 1 fully saturated rings. The Labute approximate surface area is 133 Å². The molecule has 0 atom stereocenters. The quantitative estimate of drug-likeness (QED) is 0.806. The molecule has 1 aliphatic rings. The molecule has 1 saturated heterocycles. The van der Waals surface area contributed by atoms with Gasteiger partial charge in [-0.25, -0.2) is 0 Å². The fraction of sp³-hybridized carbons (Fsp3) is 0.471. The van der Waals surface area contributed by atoms with E-state index in [0.717, 1.165) is 5.56 Å². The van der Waals surface area contributed by atoms with E-state index in [1.165, 1.54) is 0 Å². The highest BCUT2D eigenvalue weighted by Crippen LogP contribution is 2.37. The van der Waals surface area contributed by atoms with Gasteiger partial charge in [0.25, 0.3) is 5.91 Å². The van der Waals surface area contributed by atoms with Crippen LogP contribution >= 0.6 is 0 Å². The molecule has 2 rings (SSSR count). The maximum absolute atomic E-state index is 11.8. The van der Waals surface area contributed by atoms with Crippen molar-refractivity contribution in [3.8, 4) is 0 Å². The van der Waals surface area contributed by atoms with Gasteiger partial charge in [-0.15, -0.1) is 0 Å². The minimum Gasteiger partial charge on any atom is -0.400 e. The molecule has 0 aliphatic carbocycles. The predicted octanol–water partition coefficient (Wildman–Crippen LogP) is 3.03. The van der Waals surface area contributed by atoms with Crippen molar-refractivity contribution in [2.45, 2.75) is 38.9 Å². The Hall–Kier alpha value is -1.59. The largest absolute Gasteiger partial charge is 0.487 e. The molecule has 0 unspecified atom stereocenters. The highest BCUT2D eigenvalue weighted by Gasteiger charge is 2.49. The smallest absolute Gasteiger partial charge is 0.400 e. The second-order valence-corrected chi connectivity index (χ2v) is 6.81. The fourth-order valence-corrected chi connectivity index (χ4v) is 2.15. The van der Waals surface area contributed by atoms with E-state index < -0.39 is 0 Å². The lowest BCUT2D eigenvalue weighted by molar-refractivity contribution is 0.00578. The van der Waals surface area contributed by atoms with Crippen LogP contribution in [0.2, 0.25) is 0 Å². The van der Waals surface area contributed by atoms with Gasteiger partial charge in [0, 0.05) is 19.7 Å². The summed E-state index contributed by atoms with van der Waals surface area (Å²) in [7, 11) is 3.14. The van der Waals surface area contributed by atoms with Crippen LogP contribution in [0.4, 0.5) is 0 Å². The van der Waals surface area contributed by atoms with Crippen molar-refractivity contribution in [1.29, 1.82) is 0 Å². The maximum Gasteiger partial charge on any atom is 0.487 e. The molecule has 0 N–H and O–H groups in total. The highest BCUT2D eigenvalue weighted by atomic mass is 16.7. The highest BCUT2D eigenvalue weighted by molar-refractivity contribution is 6.52. The van der Waals surface area contributed by atoms with Crippen LogP contribution in [0, 0.1) is 0 Å². The maximum atomic E-state index is 11.8. The number of carbonyl (C=O) groups excluding carboxylic acids is 1. The fourth-order valence-electron chi connectivity index (χ4n) is 2.15. The lowest BCUT2D eigenvalue weighted by Crippen LogP contribution is -2.41. The average Bonchev–Trinajstić information content (AvgIpc) is 2.64. The Morgan fingerprint density at radius 3 is 2.00 bits per heavy atom. The third-order valence-corrected chi connectivity index (χ3v) is 4.28. The third kappa shape index (κ3) is 3.42. The molecular weight excluding hydrogens is 277 g/mol. The van der Waals surface area contributed by atoms with E-state index in [1.807, 2.05) is 64.0 Å². The second kappa shape index (κ2) is 5.90. The van der Waals surface area contributed by atoms with Crippen molar-refractivity contribution >= 4 is 19.1 Å². The van der Waals surface area contributed by atoms with Gasteiger partial charge in [0.1, 0.15) is 0 Å². The van der Waals surface area contributed by atoms with Gasteiger partial charge in [0.05, 0.1) is 11.2 Å². The molecule has 4 nitrogen and oxygen atoms in total. The summed E-state index contributed by atoms with van der Waals surface area (Å²) in [6.07, 6.45) is 1.95. The third-order valence-electron chi connectivity index (χ3n) is 4.28. The molecule has 1 aromatic carbocycles. The van der Waals surface area contributed by atoms with Gasteiger partial charge in [-0.05, 0) is 45.4 Å². The molecule has 0 saturated carbocycles. The average molecular weight is 301 g/mol. The Morgan fingerprint density at radius 2 is 1.55 bits per heavy atom. The standard InChI is InChI=1S/C17H24BNO3/c1-16(2)17(3,4)22-18(21-16)12-11-13-7-9-14(10-8-13)15(20)19(5)6/h7-12H,1-6H3. The SMILES string of the molecule is CN(C)C(=O)c1ccc(C=CB2OC(C)(C)C(C)(C)O2)cc1. The van der Waals surface area contributed by atoms with E-state index in [9.17, 15) is 4.79 Å². The molecule has 1 heterocycles. The Morgan fingerprint density at radius 1 is 1.05 bits per heavy atom. The summed E-state index contributed by atoms with van der Waals surface area (Å²) in [4.78, 5) is 13.4. The molecule has 5 heteroatoms. The lowest BCUT2D eigenvalue weighted by atomic mass is 9.89. The zero-order valence-corrected chi connectivity index (χ0v) is 14.2. The summed E-state index contributed by atoms with van der Waals surface area (Å²) >= 11 is 0. The van der Waals surface area contributed by atoms with Crippen LogP contribution < -0.4 is 0 Å². The molecule has 0 bridgehead atoms. The van der Waals surface area contributed by atoms with Gasteiger partial charge in [0.2, 0.25) is 0 Å². The number of hydrogen-bond donors (Lipinski definition) is 0. The van der Waals surface area contributed by atoms with E-state index in [0.29, 0.717) is 5.56 Å². The van der Waals surface area contributed by atoms with Crippen LogP contribution in [0.25, 0.3) is 6.08 Å². The number of amides is 1. The van der Waals surface area contributed by atoms with Gasteiger partial charge in [-0.2, -0.15) is 0 Å². The summed E-state index contributed by atoms with van der Waals surface area (Å²) in [5, 5.41) is 0. The van der Waals surface area contributed by atoms with Crippen LogP contribution in [0.1, 0.15) is 43.6 Å². The second-order valence-electron chi connectivity index (χ2n) is 6.81. The number of nitrogens with zero attached hydrogens (tertiary/aromatic N) is 1. The number of hydrogen-bond acceptors (Lipinski definition) is 3. The molecular formula is C17H24BNO3. The van der Waals surface area contributed by atoms with E-state index in [2.05, 4.69) is 0 Å². The summed E-state index contributed by atoms with van der Waals surface area (Å²) < 4.78 is 11.8. The van der Waals surface area contributed by atoms with Gasteiger partial charge in [-0.3, -0.25) is 4.79 Å². The molecule has 1 aromatic rings. The summed E-state index contributed by atoms with van der Waals surface area (Å²) in [5.41, 5.74) is 1.02. The minimum atomic E-state index is -0.354. The Kier molecular flexibility index (Phi) is 4.50. The molecule has 0 radical (unpaired) electrons. The van der Waals surface area contributed by atoms with Crippen LogP contribution in [0.3, 0.4) is 0 Å². The van der Waals surface area contributed by atoms with Crippen molar-refractivity contribution < 1.29 is 14.1 Å². The topological polar surface area (TPSA) is 38.8 Å². The summed E-state index contributed by atoms with van der Waals surface area (Å²) in [6.45, 7) is 8.12. The van der Waals surface area contributed by atoms with Gasteiger partial charge in [0.15, 0.2) is 0 Å². The Balaban J connectivity index is 2.05. The predicted molar refractivity (Wildman–Crippen MR) is 89.6 cm³/mol. The van der Waals surface area contributed by atoms with E-state index in [-0.39, 0.29) is 24.2 Å². The lowest BCUT2D eigenvalue weighted by Gasteiger charge is -2.32. The number of benzene rings is 1. The van der Waals surface area contributed by atoms with Crippen molar-refractivity contribution in [1.82, 2.24) is 4.90 Å². The normalized spacial score (nSPS) is 19.6. The van der Waals surface area contributed by atoms with E-state index in [4.69, 9.17) is 9.31 Å². The number of rotatable bonds is 3.